The number of halogens is 2. The van der Waals surface area contributed by atoms with Gasteiger partial charge in [0.1, 0.15) is 5.82 Å². The van der Waals surface area contributed by atoms with Crippen molar-refractivity contribution in [2.45, 2.75) is 0 Å². The van der Waals surface area contributed by atoms with Crippen molar-refractivity contribution in [2.24, 2.45) is 0 Å². The van der Waals surface area contributed by atoms with E-state index in [1.165, 1.54) is 17.0 Å². The average Bonchev–Trinajstić information content (AvgIpc) is 2.42. The van der Waals surface area contributed by atoms with Crippen LogP contribution in [-0.2, 0) is 0 Å². The molecule has 0 aliphatic rings. The molecule has 2 aromatic carbocycles. The van der Waals surface area contributed by atoms with Crippen LogP contribution in [0.25, 0.3) is 0 Å². The molecule has 0 bridgehead atoms. The number of hydrogen-bond acceptors (Lipinski definition) is 3. The third-order valence-electron chi connectivity index (χ3n) is 2.91. The van der Waals surface area contributed by atoms with Gasteiger partial charge in [-0.05, 0) is 52.3 Å². The fourth-order valence-corrected chi connectivity index (χ4v) is 2.25. The lowest BCUT2D eigenvalue weighted by molar-refractivity contribution is 0.0827. The first-order chi connectivity index (χ1) is 9.88. The third kappa shape index (κ3) is 3.52. The summed E-state index contributed by atoms with van der Waals surface area (Å²) in [6.45, 7) is 0. The molecule has 0 saturated carbocycles. The summed E-state index contributed by atoms with van der Waals surface area (Å²) in [6, 6.07) is 9.36. The van der Waals surface area contributed by atoms with Crippen molar-refractivity contribution in [3.8, 4) is 0 Å². The molecule has 0 unspecified atom stereocenters. The van der Waals surface area contributed by atoms with E-state index < -0.39 is 0 Å². The molecule has 21 heavy (non-hydrogen) atoms. The fraction of sp³-hybridized carbons (Fsp3) is 0.133. The first-order valence-corrected chi connectivity index (χ1v) is 7.01. The van der Waals surface area contributed by atoms with E-state index in [0.717, 1.165) is 0 Å². The average molecular weight is 352 g/mol. The Bertz CT molecular complexity index is 689. The van der Waals surface area contributed by atoms with Gasteiger partial charge in [-0.1, -0.05) is 0 Å². The molecule has 0 aliphatic carbocycles. The molecule has 0 atom stereocenters. The van der Waals surface area contributed by atoms with Crippen molar-refractivity contribution in [1.82, 2.24) is 4.90 Å². The second kappa shape index (κ2) is 6.13. The van der Waals surface area contributed by atoms with Gasteiger partial charge in [0.25, 0.3) is 5.91 Å². The largest absolute Gasteiger partial charge is 0.397 e. The molecule has 0 radical (unpaired) electrons. The Morgan fingerprint density at radius 1 is 1.19 bits per heavy atom. The van der Waals surface area contributed by atoms with Gasteiger partial charge in [-0.15, -0.1) is 0 Å². The highest BCUT2D eigenvalue weighted by molar-refractivity contribution is 9.10. The number of nitrogens with one attached hydrogen (secondary N) is 1. The van der Waals surface area contributed by atoms with Crippen LogP contribution >= 0.6 is 15.9 Å². The minimum Gasteiger partial charge on any atom is -0.397 e. The second-order valence-corrected chi connectivity index (χ2v) is 5.61. The van der Waals surface area contributed by atoms with Crippen molar-refractivity contribution >= 4 is 38.9 Å². The maximum absolute atomic E-state index is 13.1. The van der Waals surface area contributed by atoms with Crippen molar-refractivity contribution < 1.29 is 9.18 Å². The van der Waals surface area contributed by atoms with E-state index >= 15 is 0 Å². The van der Waals surface area contributed by atoms with Gasteiger partial charge >= 0.3 is 0 Å². The minimum atomic E-state index is -0.327. The Labute approximate surface area is 130 Å². The monoisotopic (exact) mass is 351 g/mol. The number of rotatable bonds is 3. The molecule has 0 aromatic heterocycles. The van der Waals surface area contributed by atoms with Crippen LogP contribution in [0.5, 0.6) is 0 Å². The summed E-state index contributed by atoms with van der Waals surface area (Å²) in [5, 5.41) is 3.10. The number of carbonyl (C=O) groups excluding carboxylic acids is 1. The Balaban J connectivity index is 2.27. The number of benzene rings is 2. The molecule has 2 aromatic rings. The maximum Gasteiger partial charge on any atom is 0.253 e. The van der Waals surface area contributed by atoms with Crippen LogP contribution < -0.4 is 11.1 Å². The number of carbonyl (C=O) groups is 1. The molecule has 0 heterocycles. The topological polar surface area (TPSA) is 58.4 Å². The predicted octanol–water partition coefficient (Wildman–Crippen LogP) is 3.62. The number of amides is 1. The lowest BCUT2D eigenvalue weighted by Crippen LogP contribution is -2.21. The van der Waals surface area contributed by atoms with Gasteiger partial charge in [-0.25, -0.2) is 4.39 Å². The Morgan fingerprint density at radius 2 is 1.86 bits per heavy atom. The summed E-state index contributed by atoms with van der Waals surface area (Å²) in [5.41, 5.74) is 8.26. The molecule has 4 nitrogen and oxygen atoms in total. The standard InChI is InChI=1S/C15H15BrFN3O/c1-20(2)15(21)9-3-5-14(12(18)7-9)19-13-6-4-10(17)8-11(13)16/h3-8,19H,18H2,1-2H3. The summed E-state index contributed by atoms with van der Waals surface area (Å²) < 4.78 is 13.7. The van der Waals surface area contributed by atoms with Gasteiger partial charge in [0.15, 0.2) is 0 Å². The van der Waals surface area contributed by atoms with Gasteiger partial charge < -0.3 is 16.0 Å². The van der Waals surface area contributed by atoms with Gasteiger partial charge in [-0.3, -0.25) is 4.79 Å². The second-order valence-electron chi connectivity index (χ2n) is 4.75. The van der Waals surface area contributed by atoms with Crippen molar-refractivity contribution in [3.05, 3.63) is 52.3 Å². The number of nitrogen functional groups attached to an aromatic ring is 1. The lowest BCUT2D eigenvalue weighted by atomic mass is 10.1. The van der Waals surface area contributed by atoms with Gasteiger partial charge in [-0.2, -0.15) is 0 Å². The molecular weight excluding hydrogens is 337 g/mol. The Morgan fingerprint density at radius 3 is 2.43 bits per heavy atom. The van der Waals surface area contributed by atoms with Gasteiger partial charge in [0.05, 0.1) is 17.1 Å². The predicted molar refractivity (Wildman–Crippen MR) is 86.3 cm³/mol. The van der Waals surface area contributed by atoms with E-state index in [4.69, 9.17) is 5.73 Å². The number of nitrogens with two attached hydrogens (primary N) is 1. The van der Waals surface area contributed by atoms with Gasteiger partial charge in [0.2, 0.25) is 0 Å². The molecule has 6 heteroatoms. The summed E-state index contributed by atoms with van der Waals surface area (Å²) in [4.78, 5) is 13.3. The molecule has 0 fully saturated rings. The highest BCUT2D eigenvalue weighted by Gasteiger charge is 2.11. The van der Waals surface area contributed by atoms with Crippen LogP contribution in [0, 0.1) is 5.82 Å². The first kappa shape index (κ1) is 15.3. The van der Waals surface area contributed by atoms with E-state index in [1.807, 2.05) is 0 Å². The Hall–Kier alpha value is -2.08. The molecule has 0 saturated heterocycles. The number of nitrogens with zero attached hydrogens (tertiary/aromatic N) is 1. The van der Waals surface area contributed by atoms with E-state index in [2.05, 4.69) is 21.2 Å². The molecule has 110 valence electrons. The molecule has 0 aliphatic heterocycles. The molecule has 0 spiro atoms. The van der Waals surface area contributed by atoms with Crippen molar-refractivity contribution in [2.75, 3.05) is 25.1 Å². The lowest BCUT2D eigenvalue weighted by Gasteiger charge is -2.14. The zero-order chi connectivity index (χ0) is 15.6. The zero-order valence-corrected chi connectivity index (χ0v) is 13.2. The van der Waals surface area contributed by atoms with Crippen LogP contribution in [0.1, 0.15) is 10.4 Å². The minimum absolute atomic E-state index is 0.115. The summed E-state index contributed by atoms with van der Waals surface area (Å²) in [5.74, 6) is -0.441. The van der Waals surface area contributed by atoms with Crippen LogP contribution in [0.4, 0.5) is 21.5 Å². The SMILES string of the molecule is CN(C)C(=O)c1ccc(Nc2ccc(F)cc2Br)c(N)c1. The zero-order valence-electron chi connectivity index (χ0n) is 11.7. The van der Waals surface area contributed by atoms with E-state index in [1.54, 1.807) is 38.4 Å². The van der Waals surface area contributed by atoms with Crippen molar-refractivity contribution in [1.29, 1.82) is 0 Å². The third-order valence-corrected chi connectivity index (χ3v) is 3.56. The highest BCUT2D eigenvalue weighted by atomic mass is 79.9. The molecule has 2 rings (SSSR count). The Kier molecular flexibility index (Phi) is 4.47. The fourth-order valence-electron chi connectivity index (χ4n) is 1.80. The summed E-state index contributed by atoms with van der Waals surface area (Å²) in [6.07, 6.45) is 0. The van der Waals surface area contributed by atoms with Crippen LogP contribution in [0.15, 0.2) is 40.9 Å². The summed E-state index contributed by atoms with van der Waals surface area (Å²) in [7, 11) is 3.36. The van der Waals surface area contributed by atoms with Crippen LogP contribution in [0.2, 0.25) is 0 Å². The maximum atomic E-state index is 13.1. The number of hydrogen-bond donors (Lipinski definition) is 2. The van der Waals surface area contributed by atoms with E-state index in [-0.39, 0.29) is 11.7 Å². The summed E-state index contributed by atoms with van der Waals surface area (Å²) >= 11 is 3.28. The molecule has 1 amide bonds. The number of anilines is 3. The van der Waals surface area contributed by atoms with Crippen molar-refractivity contribution in [3.63, 3.8) is 0 Å². The van der Waals surface area contributed by atoms with E-state index in [0.29, 0.717) is 27.1 Å². The quantitative estimate of drug-likeness (QED) is 0.830. The van der Waals surface area contributed by atoms with Gasteiger partial charge in [0, 0.05) is 24.1 Å². The smallest absolute Gasteiger partial charge is 0.253 e. The van der Waals surface area contributed by atoms with Crippen LogP contribution in [-0.4, -0.2) is 24.9 Å². The normalized spacial score (nSPS) is 10.3. The van der Waals surface area contributed by atoms with E-state index in [9.17, 15) is 9.18 Å². The highest BCUT2D eigenvalue weighted by Crippen LogP contribution is 2.29. The first-order valence-electron chi connectivity index (χ1n) is 6.21. The van der Waals surface area contributed by atoms with Crippen LogP contribution in [0.3, 0.4) is 0 Å². The molecule has 3 N–H and O–H groups in total. The molecular formula is C15H15BrFN3O.